The molecule has 0 saturated carbocycles. The average Bonchev–Trinajstić information content (AvgIpc) is 3.33. The van der Waals surface area contributed by atoms with Crippen molar-refractivity contribution in [2.24, 2.45) is 0 Å². The van der Waals surface area contributed by atoms with E-state index in [2.05, 4.69) is 5.32 Å². The van der Waals surface area contributed by atoms with Gasteiger partial charge in [-0.3, -0.25) is 14.4 Å². The maximum atomic E-state index is 12.5. The number of nitrogens with one attached hydrogen (secondary N) is 1. The van der Waals surface area contributed by atoms with Crippen LogP contribution in [0, 0.1) is 13.8 Å². The first-order valence-corrected chi connectivity index (χ1v) is 11.8. The summed E-state index contributed by atoms with van der Waals surface area (Å²) in [6, 6.07) is 10.8. The van der Waals surface area contributed by atoms with Crippen LogP contribution in [0.4, 0.5) is 0 Å². The van der Waals surface area contributed by atoms with Crippen LogP contribution in [0.2, 0.25) is 0 Å². The SMILES string of the molecule is Cc1ccc(C(=O)NCC(=O)OCC(=O)c2ccc(S(=O)(=O)N3CCCC3)cc2)cc1C. The molecule has 1 fully saturated rings. The summed E-state index contributed by atoms with van der Waals surface area (Å²) in [5.74, 6) is -1.63. The summed E-state index contributed by atoms with van der Waals surface area (Å²) < 4.78 is 31.4. The Kier molecular flexibility index (Phi) is 7.42. The summed E-state index contributed by atoms with van der Waals surface area (Å²) in [6.45, 7) is 3.95. The largest absolute Gasteiger partial charge is 0.456 e. The number of Topliss-reactive ketones (excluding diaryl/α,β-unsaturated/α-hetero) is 1. The molecule has 0 aromatic heterocycles. The Morgan fingerprint density at radius 2 is 1.56 bits per heavy atom. The quantitative estimate of drug-likeness (QED) is 0.480. The monoisotopic (exact) mass is 458 g/mol. The van der Waals surface area contributed by atoms with Gasteiger partial charge in [0.2, 0.25) is 10.0 Å². The Hall–Kier alpha value is -3.04. The smallest absolute Gasteiger partial charge is 0.325 e. The standard InChI is InChI=1S/C23H26N2O6S/c1-16-5-6-19(13-17(16)2)23(28)24-14-22(27)31-15-21(26)18-7-9-20(10-8-18)32(29,30)25-11-3-4-12-25/h5-10,13H,3-4,11-12,14-15H2,1-2H3,(H,24,28). The van der Waals surface area contributed by atoms with Gasteiger partial charge < -0.3 is 10.1 Å². The Morgan fingerprint density at radius 3 is 2.19 bits per heavy atom. The number of rotatable bonds is 8. The first kappa shape index (κ1) is 23.6. The molecule has 1 saturated heterocycles. The van der Waals surface area contributed by atoms with Crippen molar-refractivity contribution in [2.75, 3.05) is 26.2 Å². The summed E-state index contributed by atoms with van der Waals surface area (Å²) in [7, 11) is -3.55. The number of ketones is 1. The Balaban J connectivity index is 1.49. The minimum absolute atomic E-state index is 0.127. The lowest BCUT2D eigenvalue weighted by Crippen LogP contribution is -2.31. The van der Waals surface area contributed by atoms with Crippen LogP contribution in [0.25, 0.3) is 0 Å². The number of esters is 1. The number of nitrogens with zero attached hydrogens (tertiary/aromatic N) is 1. The molecule has 2 aromatic rings. The van der Waals surface area contributed by atoms with E-state index in [1.807, 2.05) is 19.9 Å². The number of aryl methyl sites for hydroxylation is 2. The zero-order chi connectivity index (χ0) is 23.3. The van der Waals surface area contributed by atoms with Crippen LogP contribution >= 0.6 is 0 Å². The number of carbonyl (C=O) groups is 3. The van der Waals surface area contributed by atoms with Crippen molar-refractivity contribution >= 4 is 27.7 Å². The van der Waals surface area contributed by atoms with Crippen molar-refractivity contribution in [3.63, 3.8) is 0 Å². The van der Waals surface area contributed by atoms with E-state index >= 15 is 0 Å². The van der Waals surface area contributed by atoms with Gasteiger partial charge in [-0.15, -0.1) is 0 Å². The van der Waals surface area contributed by atoms with Gasteiger partial charge in [0.25, 0.3) is 5.91 Å². The molecule has 8 nitrogen and oxygen atoms in total. The fraction of sp³-hybridized carbons (Fsp3) is 0.348. The van der Waals surface area contributed by atoms with Crippen LogP contribution in [-0.4, -0.2) is 56.6 Å². The minimum Gasteiger partial charge on any atom is -0.456 e. The van der Waals surface area contributed by atoms with E-state index in [1.54, 1.807) is 12.1 Å². The first-order chi connectivity index (χ1) is 15.2. The summed E-state index contributed by atoms with van der Waals surface area (Å²) in [6.07, 6.45) is 1.68. The normalized spacial score (nSPS) is 14.2. The minimum atomic E-state index is -3.55. The van der Waals surface area contributed by atoms with Crippen molar-refractivity contribution in [1.29, 1.82) is 0 Å². The number of amides is 1. The topological polar surface area (TPSA) is 110 Å². The number of sulfonamides is 1. The highest BCUT2D eigenvalue weighted by molar-refractivity contribution is 7.89. The third-order valence-corrected chi connectivity index (χ3v) is 7.32. The van der Waals surface area contributed by atoms with Crippen molar-refractivity contribution in [2.45, 2.75) is 31.6 Å². The summed E-state index contributed by atoms with van der Waals surface area (Å²) >= 11 is 0. The van der Waals surface area contributed by atoms with E-state index in [4.69, 9.17) is 4.74 Å². The molecule has 1 heterocycles. The molecule has 0 aliphatic carbocycles. The van der Waals surface area contributed by atoms with E-state index in [-0.39, 0.29) is 17.0 Å². The van der Waals surface area contributed by atoms with Gasteiger partial charge in [0.05, 0.1) is 4.90 Å². The van der Waals surface area contributed by atoms with Gasteiger partial charge in [-0.1, -0.05) is 6.07 Å². The highest BCUT2D eigenvalue weighted by Crippen LogP contribution is 2.21. The summed E-state index contributed by atoms with van der Waals surface area (Å²) in [4.78, 5) is 36.4. The molecule has 9 heteroatoms. The number of hydrogen-bond acceptors (Lipinski definition) is 6. The fourth-order valence-electron chi connectivity index (χ4n) is 3.31. The maximum absolute atomic E-state index is 12.5. The van der Waals surface area contributed by atoms with Gasteiger partial charge in [0.15, 0.2) is 12.4 Å². The summed E-state index contributed by atoms with van der Waals surface area (Å²) in [5, 5.41) is 2.46. The van der Waals surface area contributed by atoms with Crippen LogP contribution in [-0.2, 0) is 19.6 Å². The molecule has 0 atom stereocenters. The van der Waals surface area contributed by atoms with Gasteiger partial charge >= 0.3 is 5.97 Å². The molecule has 2 aromatic carbocycles. The average molecular weight is 459 g/mol. The van der Waals surface area contributed by atoms with Crippen molar-refractivity contribution in [3.05, 3.63) is 64.7 Å². The third-order valence-electron chi connectivity index (χ3n) is 5.41. The predicted molar refractivity (Wildman–Crippen MR) is 118 cm³/mol. The van der Waals surface area contributed by atoms with E-state index in [1.165, 1.54) is 28.6 Å². The highest BCUT2D eigenvalue weighted by atomic mass is 32.2. The van der Waals surface area contributed by atoms with Crippen LogP contribution < -0.4 is 5.32 Å². The first-order valence-electron chi connectivity index (χ1n) is 10.3. The highest BCUT2D eigenvalue weighted by Gasteiger charge is 2.27. The number of benzene rings is 2. The van der Waals surface area contributed by atoms with E-state index in [0.29, 0.717) is 18.7 Å². The van der Waals surface area contributed by atoms with Crippen LogP contribution in [0.3, 0.4) is 0 Å². The Labute approximate surface area is 187 Å². The molecule has 1 amide bonds. The molecule has 1 N–H and O–H groups in total. The number of ether oxygens (including phenoxy) is 1. The van der Waals surface area contributed by atoms with Crippen LogP contribution in [0.15, 0.2) is 47.4 Å². The summed E-state index contributed by atoms with van der Waals surface area (Å²) in [5.41, 5.74) is 2.68. The van der Waals surface area contributed by atoms with Gasteiger partial charge in [-0.25, -0.2) is 8.42 Å². The predicted octanol–water partition coefficient (Wildman–Crippen LogP) is 2.24. The molecule has 170 valence electrons. The molecular formula is C23H26N2O6S. The van der Waals surface area contributed by atoms with Crippen molar-refractivity contribution in [3.8, 4) is 0 Å². The lowest BCUT2D eigenvalue weighted by atomic mass is 10.1. The second-order valence-corrected chi connectivity index (χ2v) is 9.64. The molecular weight excluding hydrogens is 432 g/mol. The molecule has 1 aliphatic rings. The van der Waals surface area contributed by atoms with Gasteiger partial charge in [0.1, 0.15) is 6.54 Å². The Bertz CT molecular complexity index is 1120. The van der Waals surface area contributed by atoms with Gasteiger partial charge in [-0.05, 0) is 74.2 Å². The number of carbonyl (C=O) groups excluding carboxylic acids is 3. The molecule has 0 bridgehead atoms. The van der Waals surface area contributed by atoms with Gasteiger partial charge in [-0.2, -0.15) is 4.31 Å². The second kappa shape index (κ2) is 10.1. The lowest BCUT2D eigenvalue weighted by Gasteiger charge is -2.15. The van der Waals surface area contributed by atoms with E-state index in [0.717, 1.165) is 24.0 Å². The molecule has 3 rings (SSSR count). The lowest BCUT2D eigenvalue weighted by molar-refractivity contribution is -0.141. The van der Waals surface area contributed by atoms with Gasteiger partial charge in [0, 0.05) is 24.2 Å². The zero-order valence-corrected chi connectivity index (χ0v) is 18.9. The van der Waals surface area contributed by atoms with E-state index < -0.39 is 34.3 Å². The molecule has 0 spiro atoms. The van der Waals surface area contributed by atoms with Crippen LogP contribution in [0.1, 0.15) is 44.7 Å². The fourth-order valence-corrected chi connectivity index (χ4v) is 4.82. The second-order valence-electron chi connectivity index (χ2n) is 7.70. The molecule has 0 radical (unpaired) electrons. The molecule has 1 aliphatic heterocycles. The van der Waals surface area contributed by atoms with Crippen molar-refractivity contribution < 1.29 is 27.5 Å². The Morgan fingerprint density at radius 1 is 0.938 bits per heavy atom. The van der Waals surface area contributed by atoms with Crippen LogP contribution in [0.5, 0.6) is 0 Å². The van der Waals surface area contributed by atoms with Crippen molar-refractivity contribution in [1.82, 2.24) is 9.62 Å². The number of hydrogen-bond donors (Lipinski definition) is 1. The zero-order valence-electron chi connectivity index (χ0n) is 18.1. The maximum Gasteiger partial charge on any atom is 0.325 e. The molecule has 0 unspecified atom stereocenters. The third kappa shape index (κ3) is 5.60. The van der Waals surface area contributed by atoms with E-state index in [9.17, 15) is 22.8 Å². The molecule has 32 heavy (non-hydrogen) atoms.